The van der Waals surface area contributed by atoms with Gasteiger partial charge in [0, 0.05) is 18.7 Å². The van der Waals surface area contributed by atoms with Crippen LogP contribution in [-0.4, -0.2) is 69.4 Å². The zero-order chi connectivity index (χ0) is 20.9. The van der Waals surface area contributed by atoms with E-state index in [0.717, 1.165) is 0 Å². The second-order valence-corrected chi connectivity index (χ2v) is 8.15. The maximum absolute atomic E-state index is 12.4. The Labute approximate surface area is 164 Å². The van der Waals surface area contributed by atoms with Crippen molar-refractivity contribution in [3.05, 3.63) is 29.8 Å². The number of nitrogens with zero attached hydrogens (tertiary/aromatic N) is 1. The summed E-state index contributed by atoms with van der Waals surface area (Å²) in [5.74, 6) is -1.41. The smallest absolute Gasteiger partial charge is 0.324 e. The largest absolute Gasteiger partial charge is 0.451 e. The number of carbonyl (C=O) groups is 3. The maximum atomic E-state index is 12.4. The molecule has 1 saturated heterocycles. The van der Waals surface area contributed by atoms with Gasteiger partial charge in [0.2, 0.25) is 10.0 Å². The Morgan fingerprint density at radius 2 is 1.68 bits per heavy atom. The van der Waals surface area contributed by atoms with Crippen molar-refractivity contribution >= 4 is 27.7 Å². The van der Waals surface area contributed by atoms with Crippen molar-refractivity contribution < 1.29 is 32.3 Å². The summed E-state index contributed by atoms with van der Waals surface area (Å²) >= 11 is 0. The first-order valence-corrected chi connectivity index (χ1v) is 10.3. The lowest BCUT2D eigenvalue weighted by Gasteiger charge is -2.29. The van der Waals surface area contributed by atoms with Crippen LogP contribution < -0.4 is 4.72 Å². The lowest BCUT2D eigenvalue weighted by molar-refractivity contribution is -0.161. The van der Waals surface area contributed by atoms with Crippen LogP contribution in [0, 0.1) is 0 Å². The average molecular weight is 412 g/mol. The standard InChI is InChI=1S/C18H24N2O7S/c1-12(18(23)27-14(3)17(22)20-8-10-26-11-9-20)19-28(24,25)16-6-4-15(5-7-16)13(2)21/h4-7,12,14,19H,8-11H2,1-3H3/t12-,14+/m0/s1. The number of ketones is 1. The first-order valence-electron chi connectivity index (χ1n) is 8.82. The molecule has 1 fully saturated rings. The zero-order valence-corrected chi connectivity index (χ0v) is 16.8. The Kier molecular flexibility index (Phi) is 7.28. The molecule has 28 heavy (non-hydrogen) atoms. The fourth-order valence-corrected chi connectivity index (χ4v) is 3.78. The summed E-state index contributed by atoms with van der Waals surface area (Å²) in [6.07, 6.45) is -1.03. The second kappa shape index (κ2) is 9.26. The van der Waals surface area contributed by atoms with Gasteiger partial charge in [0.25, 0.3) is 5.91 Å². The molecule has 1 aromatic rings. The maximum Gasteiger partial charge on any atom is 0.324 e. The summed E-state index contributed by atoms with van der Waals surface area (Å²) in [6.45, 7) is 5.82. The number of ether oxygens (including phenoxy) is 2. The van der Waals surface area contributed by atoms with Crippen LogP contribution in [0.3, 0.4) is 0 Å². The van der Waals surface area contributed by atoms with Gasteiger partial charge in [-0.3, -0.25) is 14.4 Å². The minimum absolute atomic E-state index is 0.0883. The Balaban J connectivity index is 1.96. The molecule has 1 aliphatic heterocycles. The van der Waals surface area contributed by atoms with Gasteiger partial charge in [-0.1, -0.05) is 12.1 Å². The predicted molar refractivity (Wildman–Crippen MR) is 99.2 cm³/mol. The molecule has 0 bridgehead atoms. The number of carbonyl (C=O) groups excluding carboxylic acids is 3. The van der Waals surface area contributed by atoms with Crippen molar-refractivity contribution in [1.82, 2.24) is 9.62 Å². The Morgan fingerprint density at radius 1 is 1.11 bits per heavy atom. The first kappa shape index (κ1) is 22.0. The third kappa shape index (κ3) is 5.60. The van der Waals surface area contributed by atoms with E-state index in [9.17, 15) is 22.8 Å². The van der Waals surface area contributed by atoms with Crippen molar-refractivity contribution in [2.24, 2.45) is 0 Å². The molecule has 0 unspecified atom stereocenters. The van der Waals surface area contributed by atoms with Crippen molar-refractivity contribution in [3.8, 4) is 0 Å². The molecular formula is C18H24N2O7S. The number of esters is 1. The number of hydrogen-bond donors (Lipinski definition) is 1. The molecule has 0 aromatic heterocycles. The van der Waals surface area contributed by atoms with E-state index in [1.807, 2.05) is 0 Å². The molecule has 2 rings (SSSR count). The second-order valence-electron chi connectivity index (χ2n) is 6.44. The molecule has 1 heterocycles. The fraction of sp³-hybridized carbons (Fsp3) is 0.500. The molecule has 0 radical (unpaired) electrons. The molecule has 154 valence electrons. The highest BCUT2D eigenvalue weighted by molar-refractivity contribution is 7.89. The van der Waals surface area contributed by atoms with Crippen LogP contribution in [0.1, 0.15) is 31.1 Å². The third-order valence-electron chi connectivity index (χ3n) is 4.22. The summed E-state index contributed by atoms with van der Waals surface area (Å²) in [5, 5.41) is 0. The van der Waals surface area contributed by atoms with E-state index in [1.165, 1.54) is 49.9 Å². The van der Waals surface area contributed by atoms with Gasteiger partial charge in [-0.2, -0.15) is 4.72 Å². The van der Waals surface area contributed by atoms with E-state index >= 15 is 0 Å². The molecule has 1 aromatic carbocycles. The highest BCUT2D eigenvalue weighted by Gasteiger charge is 2.29. The van der Waals surface area contributed by atoms with Gasteiger partial charge < -0.3 is 14.4 Å². The summed E-state index contributed by atoms with van der Waals surface area (Å²) in [4.78, 5) is 37.2. The number of morpholine rings is 1. The highest BCUT2D eigenvalue weighted by atomic mass is 32.2. The van der Waals surface area contributed by atoms with Crippen molar-refractivity contribution in [3.63, 3.8) is 0 Å². The lowest BCUT2D eigenvalue weighted by atomic mass is 10.2. The van der Waals surface area contributed by atoms with Crippen LogP contribution in [0.15, 0.2) is 29.2 Å². The van der Waals surface area contributed by atoms with Gasteiger partial charge in [-0.05, 0) is 32.9 Å². The summed E-state index contributed by atoms with van der Waals surface area (Å²) in [5.41, 5.74) is 0.377. The topological polar surface area (TPSA) is 119 Å². The number of hydrogen-bond acceptors (Lipinski definition) is 7. The van der Waals surface area contributed by atoms with Crippen LogP contribution in [0.5, 0.6) is 0 Å². The lowest BCUT2D eigenvalue weighted by Crippen LogP contribution is -2.47. The molecule has 1 N–H and O–H groups in total. The normalized spacial score (nSPS) is 16.9. The first-order chi connectivity index (χ1) is 13.1. The predicted octanol–water partition coefficient (Wildman–Crippen LogP) is 0.347. The SMILES string of the molecule is CC(=O)c1ccc(S(=O)(=O)N[C@@H](C)C(=O)O[C@H](C)C(=O)N2CCOCC2)cc1. The quantitative estimate of drug-likeness (QED) is 0.507. The van der Waals surface area contributed by atoms with E-state index in [1.54, 1.807) is 0 Å². The highest BCUT2D eigenvalue weighted by Crippen LogP contribution is 2.12. The number of rotatable bonds is 7. The monoisotopic (exact) mass is 412 g/mol. The van der Waals surface area contributed by atoms with Crippen LogP contribution in [0.25, 0.3) is 0 Å². The number of nitrogens with one attached hydrogen (secondary N) is 1. The molecule has 2 atom stereocenters. The number of Topliss-reactive ketones (excluding diaryl/α,β-unsaturated/α-hetero) is 1. The molecular weight excluding hydrogens is 388 g/mol. The Hall–Kier alpha value is -2.30. The van der Waals surface area contributed by atoms with Crippen molar-refractivity contribution in [2.75, 3.05) is 26.3 Å². The molecule has 0 saturated carbocycles. The molecule has 1 amide bonds. The summed E-state index contributed by atoms with van der Waals surface area (Å²) in [6, 6.07) is 4.15. The van der Waals surface area contributed by atoms with Crippen LogP contribution in [-0.2, 0) is 29.1 Å². The molecule has 1 aliphatic rings. The van der Waals surface area contributed by atoms with E-state index < -0.39 is 28.1 Å². The summed E-state index contributed by atoms with van der Waals surface area (Å²) < 4.78 is 37.3. The molecule has 0 aliphatic carbocycles. The van der Waals surface area contributed by atoms with E-state index in [4.69, 9.17) is 9.47 Å². The Bertz CT molecular complexity index is 830. The number of sulfonamides is 1. The fourth-order valence-electron chi connectivity index (χ4n) is 2.59. The van der Waals surface area contributed by atoms with Crippen molar-refractivity contribution in [2.45, 2.75) is 37.8 Å². The molecule has 10 heteroatoms. The van der Waals surface area contributed by atoms with Gasteiger partial charge in [0.1, 0.15) is 6.04 Å². The molecule has 0 spiro atoms. The molecule has 9 nitrogen and oxygen atoms in total. The Morgan fingerprint density at radius 3 is 2.21 bits per heavy atom. The van der Waals surface area contributed by atoms with E-state index in [-0.39, 0.29) is 16.6 Å². The third-order valence-corrected chi connectivity index (χ3v) is 5.78. The minimum Gasteiger partial charge on any atom is -0.451 e. The van der Waals surface area contributed by atoms with E-state index in [2.05, 4.69) is 4.72 Å². The van der Waals surface area contributed by atoms with Gasteiger partial charge in [-0.15, -0.1) is 0 Å². The van der Waals surface area contributed by atoms with Gasteiger partial charge >= 0.3 is 5.97 Å². The minimum atomic E-state index is -4.00. The van der Waals surface area contributed by atoms with Gasteiger partial charge in [-0.25, -0.2) is 8.42 Å². The van der Waals surface area contributed by atoms with E-state index in [0.29, 0.717) is 31.9 Å². The summed E-state index contributed by atoms with van der Waals surface area (Å²) in [7, 11) is -4.00. The van der Waals surface area contributed by atoms with Gasteiger partial charge in [0.15, 0.2) is 11.9 Å². The zero-order valence-electron chi connectivity index (χ0n) is 16.0. The number of amides is 1. The van der Waals surface area contributed by atoms with Gasteiger partial charge in [0.05, 0.1) is 18.1 Å². The van der Waals surface area contributed by atoms with Crippen molar-refractivity contribution in [1.29, 1.82) is 0 Å². The van der Waals surface area contributed by atoms with Crippen LogP contribution >= 0.6 is 0 Å². The number of benzene rings is 1. The average Bonchev–Trinajstić information content (AvgIpc) is 2.67. The van der Waals surface area contributed by atoms with Crippen LogP contribution in [0.4, 0.5) is 0 Å². The van der Waals surface area contributed by atoms with Crippen LogP contribution in [0.2, 0.25) is 0 Å².